The van der Waals surface area contributed by atoms with Gasteiger partial charge >= 0.3 is 0 Å². The lowest BCUT2D eigenvalue weighted by atomic mass is 10.0. The largest absolute Gasteiger partial charge is 0.317 e. The monoisotopic (exact) mass is 292 g/mol. The average Bonchev–Trinajstić information content (AvgIpc) is 2.35. The van der Waals surface area contributed by atoms with Crippen LogP contribution in [0.25, 0.3) is 0 Å². The van der Waals surface area contributed by atoms with Gasteiger partial charge < -0.3 is 5.32 Å². The highest BCUT2D eigenvalue weighted by Crippen LogP contribution is 2.19. The SMILES string of the molecule is CNC1CCN(Cc2ccc(F)c(Cl)c2)CC1.Cl. The smallest absolute Gasteiger partial charge is 0.141 e. The lowest BCUT2D eigenvalue weighted by Crippen LogP contribution is -2.40. The Morgan fingerprint density at radius 1 is 1.39 bits per heavy atom. The average molecular weight is 293 g/mol. The van der Waals surface area contributed by atoms with E-state index >= 15 is 0 Å². The van der Waals surface area contributed by atoms with Crippen LogP contribution >= 0.6 is 24.0 Å². The van der Waals surface area contributed by atoms with E-state index in [0.717, 1.165) is 25.2 Å². The van der Waals surface area contributed by atoms with Gasteiger partial charge in [0, 0.05) is 12.6 Å². The highest BCUT2D eigenvalue weighted by molar-refractivity contribution is 6.30. The minimum Gasteiger partial charge on any atom is -0.317 e. The van der Waals surface area contributed by atoms with Crippen LogP contribution in [0.15, 0.2) is 18.2 Å². The topological polar surface area (TPSA) is 15.3 Å². The number of nitrogens with zero attached hydrogens (tertiary/aromatic N) is 1. The molecule has 1 heterocycles. The van der Waals surface area contributed by atoms with E-state index in [-0.39, 0.29) is 23.2 Å². The van der Waals surface area contributed by atoms with Gasteiger partial charge in [-0.05, 0) is 50.7 Å². The second-order valence-corrected chi connectivity index (χ2v) is 4.99. The molecular formula is C13H19Cl2FN2. The first-order valence-corrected chi connectivity index (χ1v) is 6.40. The van der Waals surface area contributed by atoms with E-state index < -0.39 is 0 Å². The van der Waals surface area contributed by atoms with E-state index in [1.807, 2.05) is 13.1 Å². The molecule has 0 bridgehead atoms. The maximum Gasteiger partial charge on any atom is 0.141 e. The highest BCUT2D eigenvalue weighted by atomic mass is 35.5. The summed E-state index contributed by atoms with van der Waals surface area (Å²) in [5.41, 5.74) is 1.08. The fourth-order valence-corrected chi connectivity index (χ4v) is 2.48. The zero-order chi connectivity index (χ0) is 12.3. The van der Waals surface area contributed by atoms with Gasteiger partial charge in [0.25, 0.3) is 0 Å². The van der Waals surface area contributed by atoms with Gasteiger partial charge in [-0.15, -0.1) is 12.4 Å². The first kappa shape index (κ1) is 15.7. The number of rotatable bonds is 3. The molecule has 1 aromatic carbocycles. The van der Waals surface area contributed by atoms with E-state index in [0.29, 0.717) is 6.04 Å². The van der Waals surface area contributed by atoms with Crippen molar-refractivity contribution < 1.29 is 4.39 Å². The van der Waals surface area contributed by atoms with Crippen LogP contribution in [-0.2, 0) is 6.54 Å². The van der Waals surface area contributed by atoms with Crippen LogP contribution in [0.3, 0.4) is 0 Å². The van der Waals surface area contributed by atoms with Gasteiger partial charge in [0.05, 0.1) is 5.02 Å². The van der Waals surface area contributed by atoms with Crippen LogP contribution in [0, 0.1) is 5.82 Å². The van der Waals surface area contributed by atoms with Crippen LogP contribution in [0.5, 0.6) is 0 Å². The molecule has 102 valence electrons. The molecule has 1 aliphatic rings. The Bertz CT molecular complexity index is 379. The molecule has 0 spiro atoms. The Morgan fingerprint density at radius 3 is 2.61 bits per heavy atom. The number of likely N-dealkylation sites (tertiary alicyclic amines) is 1. The van der Waals surface area contributed by atoms with E-state index in [9.17, 15) is 4.39 Å². The Hall–Kier alpha value is -0.350. The van der Waals surface area contributed by atoms with Crippen molar-refractivity contribution in [1.82, 2.24) is 10.2 Å². The summed E-state index contributed by atoms with van der Waals surface area (Å²) in [7, 11) is 2.01. The van der Waals surface area contributed by atoms with E-state index in [1.54, 1.807) is 6.07 Å². The summed E-state index contributed by atoms with van der Waals surface area (Å²) in [6.07, 6.45) is 2.34. The highest BCUT2D eigenvalue weighted by Gasteiger charge is 2.17. The molecule has 0 amide bonds. The molecule has 1 N–H and O–H groups in total. The molecule has 0 aromatic heterocycles. The summed E-state index contributed by atoms with van der Waals surface area (Å²) < 4.78 is 13.0. The fourth-order valence-electron chi connectivity index (χ4n) is 2.28. The minimum atomic E-state index is -0.343. The van der Waals surface area contributed by atoms with Gasteiger partial charge in [-0.2, -0.15) is 0 Å². The van der Waals surface area contributed by atoms with Crippen LogP contribution in [-0.4, -0.2) is 31.1 Å². The maximum absolute atomic E-state index is 13.0. The fraction of sp³-hybridized carbons (Fsp3) is 0.538. The quantitative estimate of drug-likeness (QED) is 0.921. The second-order valence-electron chi connectivity index (χ2n) is 4.59. The molecule has 0 aliphatic carbocycles. The number of hydrogen-bond donors (Lipinski definition) is 1. The molecule has 1 aromatic rings. The minimum absolute atomic E-state index is 0. The predicted molar refractivity (Wildman–Crippen MR) is 76.0 cm³/mol. The zero-order valence-corrected chi connectivity index (χ0v) is 12.0. The standard InChI is InChI=1S/C13H18ClFN2.ClH/c1-16-11-4-6-17(7-5-11)9-10-2-3-13(15)12(14)8-10;/h2-3,8,11,16H,4-7,9H2,1H3;1H. The van der Waals surface area contributed by atoms with Gasteiger partial charge in [0.2, 0.25) is 0 Å². The van der Waals surface area contributed by atoms with E-state index in [4.69, 9.17) is 11.6 Å². The molecular weight excluding hydrogens is 274 g/mol. The second kappa shape index (κ2) is 7.29. The van der Waals surface area contributed by atoms with Crippen LogP contribution in [0.2, 0.25) is 5.02 Å². The number of hydrogen-bond acceptors (Lipinski definition) is 2. The number of halogens is 3. The first-order chi connectivity index (χ1) is 8.19. The molecule has 0 unspecified atom stereocenters. The van der Waals surface area contributed by atoms with Gasteiger partial charge in [0.1, 0.15) is 5.82 Å². The van der Waals surface area contributed by atoms with Crippen molar-refractivity contribution in [3.05, 3.63) is 34.6 Å². The van der Waals surface area contributed by atoms with Crippen molar-refractivity contribution in [2.75, 3.05) is 20.1 Å². The predicted octanol–water partition coefficient (Wildman–Crippen LogP) is 3.08. The third kappa shape index (κ3) is 4.09. The lowest BCUT2D eigenvalue weighted by Gasteiger charge is -2.31. The van der Waals surface area contributed by atoms with E-state index in [1.165, 1.54) is 18.9 Å². The summed E-state index contributed by atoms with van der Waals surface area (Å²) >= 11 is 5.77. The summed E-state index contributed by atoms with van der Waals surface area (Å²) in [6.45, 7) is 3.03. The summed E-state index contributed by atoms with van der Waals surface area (Å²) in [5, 5.41) is 3.52. The number of nitrogens with one attached hydrogen (secondary N) is 1. The lowest BCUT2D eigenvalue weighted by molar-refractivity contribution is 0.194. The van der Waals surface area contributed by atoms with Crippen molar-refractivity contribution in [1.29, 1.82) is 0 Å². The van der Waals surface area contributed by atoms with Crippen molar-refractivity contribution >= 4 is 24.0 Å². The van der Waals surface area contributed by atoms with Crippen molar-refractivity contribution in [3.63, 3.8) is 0 Å². The molecule has 1 saturated heterocycles. The maximum atomic E-state index is 13.0. The molecule has 18 heavy (non-hydrogen) atoms. The van der Waals surface area contributed by atoms with Crippen molar-refractivity contribution in [2.24, 2.45) is 0 Å². The molecule has 0 radical (unpaired) electrons. The normalized spacial score (nSPS) is 17.5. The van der Waals surface area contributed by atoms with E-state index in [2.05, 4.69) is 10.2 Å². The van der Waals surface area contributed by atoms with Crippen LogP contribution in [0.4, 0.5) is 4.39 Å². The molecule has 0 saturated carbocycles. The third-order valence-corrected chi connectivity index (χ3v) is 3.68. The van der Waals surface area contributed by atoms with Crippen LogP contribution in [0.1, 0.15) is 18.4 Å². The Balaban J connectivity index is 0.00000162. The Morgan fingerprint density at radius 2 is 2.06 bits per heavy atom. The third-order valence-electron chi connectivity index (χ3n) is 3.39. The number of benzene rings is 1. The van der Waals surface area contributed by atoms with Crippen molar-refractivity contribution in [3.8, 4) is 0 Å². The van der Waals surface area contributed by atoms with Gasteiger partial charge in [-0.3, -0.25) is 4.90 Å². The summed E-state index contributed by atoms with van der Waals surface area (Å²) in [5.74, 6) is -0.343. The van der Waals surface area contributed by atoms with Crippen molar-refractivity contribution in [2.45, 2.75) is 25.4 Å². The Kier molecular flexibility index (Phi) is 6.36. The molecule has 5 heteroatoms. The number of piperidine rings is 1. The molecule has 1 fully saturated rings. The van der Waals surface area contributed by atoms with Crippen LogP contribution < -0.4 is 5.32 Å². The molecule has 2 nitrogen and oxygen atoms in total. The summed E-state index contributed by atoms with van der Waals surface area (Å²) in [6, 6.07) is 5.62. The Labute approximate surface area is 119 Å². The van der Waals surface area contributed by atoms with Gasteiger partial charge in [-0.1, -0.05) is 17.7 Å². The van der Waals surface area contributed by atoms with Gasteiger partial charge in [-0.25, -0.2) is 4.39 Å². The summed E-state index contributed by atoms with van der Waals surface area (Å²) in [4.78, 5) is 2.39. The molecule has 1 aliphatic heterocycles. The molecule has 0 atom stereocenters. The first-order valence-electron chi connectivity index (χ1n) is 6.02. The molecule has 2 rings (SSSR count). The zero-order valence-electron chi connectivity index (χ0n) is 10.5. The van der Waals surface area contributed by atoms with Gasteiger partial charge in [0.15, 0.2) is 0 Å².